The standard InChI is InChI=1S/C13H28O/c1-10(2)8-12(5)13(6,7)14-9-11(3)4/h10-12H,8-9H2,1-7H3. The van der Waals surface area contributed by atoms with Gasteiger partial charge in [-0.3, -0.25) is 0 Å². The topological polar surface area (TPSA) is 9.23 Å². The van der Waals surface area contributed by atoms with Crippen molar-refractivity contribution in [3.8, 4) is 0 Å². The van der Waals surface area contributed by atoms with E-state index in [0.29, 0.717) is 11.8 Å². The quantitative estimate of drug-likeness (QED) is 0.626. The number of hydrogen-bond donors (Lipinski definition) is 0. The average Bonchev–Trinajstić information content (AvgIpc) is 1.99. The SMILES string of the molecule is CC(C)COC(C)(C)C(C)CC(C)C. The Balaban J connectivity index is 4.02. The smallest absolute Gasteiger partial charge is 0.0652 e. The average molecular weight is 200 g/mol. The Morgan fingerprint density at radius 2 is 1.43 bits per heavy atom. The molecule has 14 heavy (non-hydrogen) atoms. The third-order valence-corrected chi connectivity index (χ3v) is 2.80. The molecule has 0 aromatic rings. The van der Waals surface area contributed by atoms with Gasteiger partial charge in [-0.1, -0.05) is 34.6 Å². The summed E-state index contributed by atoms with van der Waals surface area (Å²) in [4.78, 5) is 0. The van der Waals surface area contributed by atoms with Crippen molar-refractivity contribution in [1.82, 2.24) is 0 Å². The van der Waals surface area contributed by atoms with Gasteiger partial charge >= 0.3 is 0 Å². The monoisotopic (exact) mass is 200 g/mol. The molecule has 0 heterocycles. The molecule has 0 saturated carbocycles. The lowest BCUT2D eigenvalue weighted by Gasteiger charge is -2.33. The first-order chi connectivity index (χ1) is 6.25. The van der Waals surface area contributed by atoms with Gasteiger partial charge in [0.2, 0.25) is 0 Å². The summed E-state index contributed by atoms with van der Waals surface area (Å²) in [7, 11) is 0. The summed E-state index contributed by atoms with van der Waals surface area (Å²) in [5, 5.41) is 0. The molecule has 0 aliphatic rings. The van der Waals surface area contributed by atoms with Crippen LogP contribution in [0, 0.1) is 17.8 Å². The van der Waals surface area contributed by atoms with Crippen LogP contribution in [0.15, 0.2) is 0 Å². The molecule has 86 valence electrons. The lowest BCUT2D eigenvalue weighted by atomic mass is 9.85. The summed E-state index contributed by atoms with van der Waals surface area (Å²) in [5.41, 5.74) is 0.0224. The summed E-state index contributed by atoms with van der Waals surface area (Å²) in [5.74, 6) is 2.01. The summed E-state index contributed by atoms with van der Waals surface area (Å²) in [6, 6.07) is 0. The lowest BCUT2D eigenvalue weighted by Crippen LogP contribution is -2.34. The molecule has 0 aliphatic heterocycles. The van der Waals surface area contributed by atoms with E-state index in [9.17, 15) is 0 Å². The third kappa shape index (κ3) is 5.64. The van der Waals surface area contributed by atoms with Crippen molar-refractivity contribution in [2.24, 2.45) is 17.8 Å². The van der Waals surface area contributed by atoms with Crippen molar-refractivity contribution in [2.45, 2.75) is 60.5 Å². The largest absolute Gasteiger partial charge is 0.375 e. The fourth-order valence-corrected chi connectivity index (χ4v) is 1.51. The summed E-state index contributed by atoms with van der Waals surface area (Å²) < 4.78 is 5.95. The van der Waals surface area contributed by atoms with E-state index in [4.69, 9.17) is 4.74 Å². The number of rotatable bonds is 6. The van der Waals surface area contributed by atoms with Gasteiger partial charge < -0.3 is 4.74 Å². The van der Waals surface area contributed by atoms with Crippen LogP contribution in [0.5, 0.6) is 0 Å². The molecule has 0 bridgehead atoms. The highest BCUT2D eigenvalue weighted by atomic mass is 16.5. The molecule has 0 N–H and O–H groups in total. The molecule has 1 nitrogen and oxygen atoms in total. The van der Waals surface area contributed by atoms with Crippen LogP contribution in [-0.2, 0) is 4.74 Å². The molecule has 1 unspecified atom stereocenters. The predicted molar refractivity (Wildman–Crippen MR) is 63.5 cm³/mol. The zero-order valence-corrected chi connectivity index (χ0v) is 11.1. The fraction of sp³-hybridized carbons (Fsp3) is 1.00. The second-order valence-electron chi connectivity index (χ2n) is 5.84. The van der Waals surface area contributed by atoms with Crippen molar-refractivity contribution in [2.75, 3.05) is 6.61 Å². The molecule has 0 radical (unpaired) electrons. The zero-order chi connectivity index (χ0) is 11.4. The normalized spacial score (nSPS) is 15.2. The van der Waals surface area contributed by atoms with Crippen molar-refractivity contribution >= 4 is 0 Å². The molecule has 0 aliphatic carbocycles. The van der Waals surface area contributed by atoms with Gasteiger partial charge in [0.05, 0.1) is 5.60 Å². The van der Waals surface area contributed by atoms with E-state index in [2.05, 4.69) is 48.5 Å². The predicted octanol–water partition coefficient (Wildman–Crippen LogP) is 4.12. The maximum Gasteiger partial charge on any atom is 0.0652 e. The molecule has 0 fully saturated rings. The number of hydrogen-bond acceptors (Lipinski definition) is 1. The minimum absolute atomic E-state index is 0.0224. The van der Waals surface area contributed by atoms with Gasteiger partial charge in [0.15, 0.2) is 0 Å². The maximum absolute atomic E-state index is 5.95. The van der Waals surface area contributed by atoms with Gasteiger partial charge in [-0.05, 0) is 38.0 Å². The molecular weight excluding hydrogens is 172 g/mol. The fourth-order valence-electron chi connectivity index (χ4n) is 1.51. The van der Waals surface area contributed by atoms with Crippen LogP contribution in [0.1, 0.15) is 54.9 Å². The molecule has 0 spiro atoms. The van der Waals surface area contributed by atoms with E-state index >= 15 is 0 Å². The first kappa shape index (κ1) is 14.0. The van der Waals surface area contributed by atoms with E-state index in [1.807, 2.05) is 0 Å². The molecule has 1 atom stereocenters. The van der Waals surface area contributed by atoms with E-state index in [1.165, 1.54) is 6.42 Å². The van der Waals surface area contributed by atoms with E-state index < -0.39 is 0 Å². The van der Waals surface area contributed by atoms with Gasteiger partial charge in [0.1, 0.15) is 0 Å². The summed E-state index contributed by atoms with van der Waals surface area (Å²) in [6.07, 6.45) is 1.24. The summed E-state index contributed by atoms with van der Waals surface area (Å²) >= 11 is 0. The molecule has 1 heteroatoms. The van der Waals surface area contributed by atoms with Crippen LogP contribution in [0.2, 0.25) is 0 Å². The molecular formula is C13H28O. The molecule has 0 amide bonds. The van der Waals surface area contributed by atoms with Crippen LogP contribution in [0.25, 0.3) is 0 Å². The first-order valence-corrected chi connectivity index (χ1v) is 5.89. The zero-order valence-electron chi connectivity index (χ0n) is 11.1. The molecule has 0 aromatic heterocycles. The molecule has 0 aromatic carbocycles. The minimum atomic E-state index is 0.0224. The van der Waals surface area contributed by atoms with Crippen LogP contribution in [0.3, 0.4) is 0 Å². The minimum Gasteiger partial charge on any atom is -0.375 e. The first-order valence-electron chi connectivity index (χ1n) is 5.89. The van der Waals surface area contributed by atoms with Gasteiger partial charge in [-0.15, -0.1) is 0 Å². The Bertz CT molecular complexity index is 147. The highest BCUT2D eigenvalue weighted by molar-refractivity contribution is 4.77. The van der Waals surface area contributed by atoms with Gasteiger partial charge in [0, 0.05) is 6.61 Å². The van der Waals surface area contributed by atoms with Crippen LogP contribution in [0.4, 0.5) is 0 Å². The Kier molecular flexibility index (Phi) is 5.73. The van der Waals surface area contributed by atoms with E-state index in [1.54, 1.807) is 0 Å². The molecule has 0 rings (SSSR count). The molecule has 0 saturated heterocycles. The van der Waals surface area contributed by atoms with E-state index in [-0.39, 0.29) is 5.60 Å². The van der Waals surface area contributed by atoms with E-state index in [0.717, 1.165) is 12.5 Å². The van der Waals surface area contributed by atoms with Crippen LogP contribution >= 0.6 is 0 Å². The Morgan fingerprint density at radius 3 is 1.79 bits per heavy atom. The summed E-state index contributed by atoms with van der Waals surface area (Å²) in [6.45, 7) is 16.5. The Morgan fingerprint density at radius 1 is 0.929 bits per heavy atom. The van der Waals surface area contributed by atoms with Crippen molar-refractivity contribution in [1.29, 1.82) is 0 Å². The van der Waals surface area contributed by atoms with Crippen LogP contribution < -0.4 is 0 Å². The third-order valence-electron chi connectivity index (χ3n) is 2.80. The second-order valence-corrected chi connectivity index (χ2v) is 5.84. The highest BCUT2D eigenvalue weighted by Gasteiger charge is 2.27. The van der Waals surface area contributed by atoms with Crippen LogP contribution in [-0.4, -0.2) is 12.2 Å². The highest BCUT2D eigenvalue weighted by Crippen LogP contribution is 2.27. The Labute approximate surface area is 90.2 Å². The van der Waals surface area contributed by atoms with Crippen molar-refractivity contribution in [3.05, 3.63) is 0 Å². The van der Waals surface area contributed by atoms with Gasteiger partial charge in [-0.2, -0.15) is 0 Å². The van der Waals surface area contributed by atoms with Crippen molar-refractivity contribution in [3.63, 3.8) is 0 Å². The van der Waals surface area contributed by atoms with Gasteiger partial charge in [-0.25, -0.2) is 0 Å². The maximum atomic E-state index is 5.95. The second kappa shape index (κ2) is 5.75. The van der Waals surface area contributed by atoms with Gasteiger partial charge in [0.25, 0.3) is 0 Å². The van der Waals surface area contributed by atoms with Crippen molar-refractivity contribution < 1.29 is 4.74 Å². The Hall–Kier alpha value is -0.0400. The lowest BCUT2D eigenvalue weighted by molar-refractivity contribution is -0.0703. The number of ether oxygens (including phenoxy) is 1.